The van der Waals surface area contributed by atoms with Crippen molar-refractivity contribution in [3.63, 3.8) is 0 Å². The SMILES string of the molecule is CCCCCOC(=O)N/C=C/CC1C[C@@H](O)[C@@H](C)C/C=C/Cc2cccc(O)c2C(=O)O1.C[C@H]1C/C=C/Cc2cccc(O[Si](C)(C)C(C)(C)C)c2C(=O)OC(C/C=C/C(=O)N=[N+]=[N-])C[C@H]1O[Si](C)(C)C(C)(C)C. The van der Waals surface area contributed by atoms with Crippen LogP contribution in [0.25, 0.3) is 10.4 Å². The molecule has 2 aliphatic rings. The molecule has 2 amide bonds. The van der Waals surface area contributed by atoms with Gasteiger partial charge in [-0.3, -0.25) is 10.1 Å². The van der Waals surface area contributed by atoms with E-state index in [2.05, 4.69) is 109 Å². The number of carbonyl (C=O) groups is 4. The maximum atomic E-state index is 14.0. The van der Waals surface area contributed by atoms with Crippen molar-refractivity contribution < 1.29 is 52.5 Å². The van der Waals surface area contributed by atoms with Crippen molar-refractivity contribution in [2.75, 3.05) is 6.61 Å². The molecular weight excluding hydrogens is 973 g/mol. The van der Waals surface area contributed by atoms with Gasteiger partial charge >= 0.3 is 18.0 Å². The first-order chi connectivity index (χ1) is 34.7. The quantitative estimate of drug-likeness (QED) is 0.0186. The molecule has 2 aromatic carbocycles. The molecule has 2 heterocycles. The number of cyclic esters (lactones) is 2. The van der Waals surface area contributed by atoms with Crippen LogP contribution in [0.2, 0.25) is 36.3 Å². The Bertz CT molecular complexity index is 2340. The maximum Gasteiger partial charge on any atom is 0.411 e. The van der Waals surface area contributed by atoms with Gasteiger partial charge in [-0.15, -0.1) is 0 Å². The molecule has 2 aliphatic heterocycles. The maximum absolute atomic E-state index is 14.0. The van der Waals surface area contributed by atoms with Gasteiger partial charge in [-0.2, -0.15) is 0 Å². The van der Waals surface area contributed by atoms with Crippen LogP contribution in [0.15, 0.2) is 90.2 Å². The molecule has 0 aliphatic carbocycles. The first-order valence-corrected chi connectivity index (χ1v) is 32.1. The van der Waals surface area contributed by atoms with Crippen molar-refractivity contribution in [1.29, 1.82) is 0 Å². The number of fused-ring (bicyclic) bond motifs is 2. The summed E-state index contributed by atoms with van der Waals surface area (Å²) in [5, 5.41) is 26.4. The highest BCUT2D eigenvalue weighted by Crippen LogP contribution is 2.41. The highest BCUT2D eigenvalue weighted by atomic mass is 28.4. The Morgan fingerprint density at radius 3 is 1.99 bits per heavy atom. The zero-order valence-corrected chi connectivity index (χ0v) is 48.4. The lowest BCUT2D eigenvalue weighted by Crippen LogP contribution is -2.46. The Morgan fingerprint density at radius 2 is 1.38 bits per heavy atom. The summed E-state index contributed by atoms with van der Waals surface area (Å²) < 4.78 is 30.6. The predicted octanol–water partition coefficient (Wildman–Crippen LogP) is 13.9. The minimum Gasteiger partial charge on any atom is -0.543 e. The molecule has 0 radical (unpaired) electrons. The van der Waals surface area contributed by atoms with Crippen LogP contribution in [0.5, 0.6) is 11.5 Å². The molecule has 15 nitrogen and oxygen atoms in total. The fourth-order valence-corrected chi connectivity index (χ4v) is 10.1. The minimum atomic E-state index is -2.26. The third-order valence-electron chi connectivity index (χ3n) is 14.4. The number of phenols is 1. The minimum absolute atomic E-state index is 0.00396. The summed E-state index contributed by atoms with van der Waals surface area (Å²) >= 11 is 0. The molecule has 0 fully saturated rings. The van der Waals surface area contributed by atoms with Gasteiger partial charge in [-0.1, -0.05) is 136 Å². The van der Waals surface area contributed by atoms with Gasteiger partial charge in [0.15, 0.2) is 8.32 Å². The van der Waals surface area contributed by atoms with E-state index in [1.807, 2.05) is 37.3 Å². The summed E-state index contributed by atoms with van der Waals surface area (Å²) in [6, 6.07) is 10.7. The van der Waals surface area contributed by atoms with Gasteiger partial charge < -0.3 is 33.3 Å². The average molecular weight is 1060 g/mol. The zero-order chi connectivity index (χ0) is 55.3. The van der Waals surface area contributed by atoms with Crippen LogP contribution in [-0.2, 0) is 36.3 Å². The number of ether oxygens (including phenoxy) is 3. The second kappa shape index (κ2) is 29.6. The number of amides is 2. The third-order valence-corrected chi connectivity index (χ3v) is 23.3. The number of nitrogens with one attached hydrogen (secondary N) is 1. The van der Waals surface area contributed by atoms with Gasteiger partial charge in [0.2, 0.25) is 5.91 Å². The Balaban J connectivity index is 0.000000405. The number of hydrogen-bond donors (Lipinski definition) is 3. The second-order valence-corrected chi connectivity index (χ2v) is 32.0. The average Bonchev–Trinajstić information content (AvgIpc) is 3.30. The van der Waals surface area contributed by atoms with Gasteiger partial charge in [0.25, 0.3) is 8.32 Å². The number of allylic oxidation sites excluding steroid dienone is 4. The molecule has 17 heteroatoms. The summed E-state index contributed by atoms with van der Waals surface area (Å²) in [5.74, 6) is -1.19. The van der Waals surface area contributed by atoms with E-state index >= 15 is 0 Å². The fourth-order valence-electron chi connectivity index (χ4n) is 7.66. The van der Waals surface area contributed by atoms with Crippen LogP contribution < -0.4 is 9.74 Å². The van der Waals surface area contributed by atoms with Crippen LogP contribution >= 0.6 is 0 Å². The van der Waals surface area contributed by atoms with E-state index in [-0.39, 0.29) is 52.2 Å². The number of phenolic OH excluding ortho intramolecular Hbond substituents is 1. The Hall–Kier alpha value is -5.46. The largest absolute Gasteiger partial charge is 0.543 e. The number of rotatable bonds is 14. The van der Waals surface area contributed by atoms with E-state index in [0.717, 1.165) is 31.2 Å². The number of aromatic hydroxyl groups is 1. The number of aliphatic hydroxyl groups excluding tert-OH is 1. The van der Waals surface area contributed by atoms with E-state index in [9.17, 15) is 29.4 Å². The molecular formula is C57H86N4O11Si2. The van der Waals surface area contributed by atoms with Crippen molar-refractivity contribution in [2.45, 2.75) is 194 Å². The van der Waals surface area contributed by atoms with Crippen molar-refractivity contribution in [3.8, 4) is 11.5 Å². The Kier molecular flexibility index (Phi) is 25.1. The van der Waals surface area contributed by atoms with Gasteiger partial charge in [0.05, 0.1) is 18.8 Å². The Labute approximate surface area is 443 Å². The summed E-state index contributed by atoms with van der Waals surface area (Å²) in [6.07, 6.45) is 18.4. The number of hydrogen-bond acceptors (Lipinski definition) is 11. The van der Waals surface area contributed by atoms with Gasteiger partial charge in [-0.05, 0) is 120 Å². The Morgan fingerprint density at radius 1 is 0.811 bits per heavy atom. The number of carbonyl (C=O) groups excluding carboxylic acids is 4. The first-order valence-electron chi connectivity index (χ1n) is 26.2. The number of alkyl carbamates (subject to hydrolysis) is 1. The van der Waals surface area contributed by atoms with E-state index in [1.54, 1.807) is 24.3 Å². The van der Waals surface area contributed by atoms with E-state index in [0.29, 0.717) is 55.6 Å². The molecule has 2 aromatic rings. The molecule has 0 aromatic heterocycles. The highest BCUT2D eigenvalue weighted by Gasteiger charge is 2.42. The lowest BCUT2D eigenvalue weighted by atomic mass is 9.93. The number of esters is 2. The van der Waals surface area contributed by atoms with Crippen LogP contribution in [0.1, 0.15) is 152 Å². The molecule has 6 atom stereocenters. The predicted molar refractivity (Wildman–Crippen MR) is 297 cm³/mol. The number of unbranched alkanes of at least 4 members (excludes halogenated alkanes) is 2. The number of aliphatic hydroxyl groups is 1. The van der Waals surface area contributed by atoms with Crippen LogP contribution in [0, 0.1) is 11.8 Å². The molecule has 0 bridgehead atoms. The summed E-state index contributed by atoms with van der Waals surface area (Å²) in [5.41, 5.74) is 10.7. The summed E-state index contributed by atoms with van der Waals surface area (Å²) in [4.78, 5) is 53.0. The molecule has 408 valence electrons. The van der Waals surface area contributed by atoms with Gasteiger partial charge in [-0.25, -0.2) is 14.4 Å². The highest BCUT2D eigenvalue weighted by molar-refractivity contribution is 6.75. The zero-order valence-electron chi connectivity index (χ0n) is 46.4. The molecule has 74 heavy (non-hydrogen) atoms. The summed E-state index contributed by atoms with van der Waals surface area (Å²) in [6.45, 7) is 28.5. The van der Waals surface area contributed by atoms with E-state index < -0.39 is 58.9 Å². The first kappa shape index (κ1) is 62.8. The molecule has 4 rings (SSSR count). The van der Waals surface area contributed by atoms with Gasteiger partial charge in [0, 0.05) is 36.8 Å². The molecule has 0 spiro atoms. The molecule has 0 saturated heterocycles. The smallest absolute Gasteiger partial charge is 0.411 e. The lowest BCUT2D eigenvalue weighted by Gasteiger charge is -2.41. The molecule has 2 unspecified atom stereocenters. The number of nitrogens with zero attached hydrogens (tertiary/aromatic N) is 3. The standard InChI is InChI=1S/C32H51N3O5Si2.C25H35NO6/c1-23-16-12-13-17-24-18-14-20-26(39-41(8,9)31(2,3)4)29(24)30(37)38-25(19-15-21-28(36)34-35-33)22-27(23)40-42(10,11)32(5,6)7;1-3-4-7-16-31-25(30)26-15-9-13-20-17-22(28)18(2)10-5-6-11-19-12-8-14-21(27)23(19)24(29)32-20/h12-15,18,20-21,23,25,27H,16-17,19,22H2,1-11H3;5-6,8-9,12,14-15,18,20,22,27-28H,3-4,7,10-11,13,16-17H2,1-2H3,(H,26,30)/b13-12+,21-15+;6-5+,15-9+/t23-,25?,27+;18-,20?,22+/m00/s1. The molecule has 3 N–H and O–H groups in total. The van der Waals surface area contributed by atoms with Crippen molar-refractivity contribution in [3.05, 3.63) is 118 Å². The van der Waals surface area contributed by atoms with Gasteiger partial charge in [0.1, 0.15) is 34.8 Å². The van der Waals surface area contributed by atoms with Crippen LogP contribution in [0.3, 0.4) is 0 Å². The number of benzene rings is 2. The second-order valence-electron chi connectivity index (χ2n) is 22.5. The van der Waals surface area contributed by atoms with Crippen molar-refractivity contribution in [1.82, 2.24) is 5.32 Å². The summed E-state index contributed by atoms with van der Waals surface area (Å²) in [7, 11) is -4.41. The normalized spacial score (nSPS) is 22.2. The fraction of sp³-hybridized carbons (Fsp3) is 0.579. The van der Waals surface area contributed by atoms with E-state index in [4.69, 9.17) is 28.6 Å². The molecule has 0 saturated carbocycles. The topological polar surface area (TPSA) is 216 Å². The van der Waals surface area contributed by atoms with Crippen molar-refractivity contribution >= 4 is 40.6 Å². The van der Waals surface area contributed by atoms with E-state index in [1.165, 1.54) is 18.3 Å². The lowest BCUT2D eigenvalue weighted by molar-refractivity contribution is -0.113. The monoisotopic (exact) mass is 1060 g/mol. The van der Waals surface area contributed by atoms with Crippen LogP contribution in [-0.4, -0.2) is 81.8 Å². The number of azide groups is 1. The third kappa shape index (κ3) is 20.3. The van der Waals surface area contributed by atoms with Crippen molar-refractivity contribution in [2.24, 2.45) is 17.0 Å². The van der Waals surface area contributed by atoms with Crippen LogP contribution in [0.4, 0.5) is 4.79 Å².